The Kier molecular flexibility index (Phi) is 6.80. The molecule has 4 rings (SSSR count). The summed E-state index contributed by atoms with van der Waals surface area (Å²) in [6.45, 7) is 0. The summed E-state index contributed by atoms with van der Waals surface area (Å²) in [7, 11) is 3.06. The van der Waals surface area contributed by atoms with Crippen molar-refractivity contribution in [2.75, 3.05) is 10.6 Å². The molecule has 0 fully saturated rings. The fourth-order valence-electron chi connectivity index (χ4n) is 3.14. The van der Waals surface area contributed by atoms with Gasteiger partial charge in [-0.1, -0.05) is 23.2 Å². The van der Waals surface area contributed by atoms with Gasteiger partial charge >= 0.3 is 0 Å². The van der Waals surface area contributed by atoms with Crippen molar-refractivity contribution in [1.29, 1.82) is 0 Å². The lowest BCUT2D eigenvalue weighted by Gasteiger charge is -2.06. The van der Waals surface area contributed by atoms with Gasteiger partial charge in [-0.2, -0.15) is 5.10 Å². The molecule has 4 aromatic rings. The Balaban J connectivity index is 1.55. The number of halogens is 2. The topological polar surface area (TPSA) is 132 Å². The summed E-state index contributed by atoms with van der Waals surface area (Å²) in [5, 5.41) is 31.2. The molecule has 0 aliphatic rings. The van der Waals surface area contributed by atoms with Crippen LogP contribution in [0, 0.1) is 5.21 Å². The molecule has 0 aliphatic heterocycles. The van der Waals surface area contributed by atoms with Crippen LogP contribution in [0.2, 0.25) is 10.0 Å². The fourth-order valence-corrected chi connectivity index (χ4v) is 3.39. The van der Waals surface area contributed by atoms with E-state index in [9.17, 15) is 14.8 Å². The van der Waals surface area contributed by atoms with E-state index in [0.29, 0.717) is 21.4 Å². The predicted molar refractivity (Wildman–Crippen MR) is 131 cm³/mol. The number of aromatic nitrogens is 4. The summed E-state index contributed by atoms with van der Waals surface area (Å²) >= 11 is 11.7. The van der Waals surface area contributed by atoms with Gasteiger partial charge in [-0.15, -0.1) is 5.10 Å². The highest BCUT2D eigenvalue weighted by molar-refractivity contribution is 6.31. The summed E-state index contributed by atoms with van der Waals surface area (Å²) in [5.74, 6) is -1.05. The summed E-state index contributed by atoms with van der Waals surface area (Å²) in [6.07, 6.45) is 1.21. The molecule has 2 heterocycles. The first-order valence-electron chi connectivity index (χ1n) is 10.1. The van der Waals surface area contributed by atoms with Crippen molar-refractivity contribution in [1.82, 2.24) is 19.6 Å². The maximum absolute atomic E-state index is 12.8. The second-order valence-corrected chi connectivity index (χ2v) is 8.18. The Hall–Kier alpha value is -4.22. The van der Waals surface area contributed by atoms with Gasteiger partial charge in [0.15, 0.2) is 0 Å². The highest BCUT2D eigenvalue weighted by Crippen LogP contribution is 2.23. The molecule has 2 aromatic heterocycles. The van der Waals surface area contributed by atoms with Crippen LogP contribution in [0.15, 0.2) is 65.9 Å². The molecule has 0 saturated carbocycles. The lowest BCUT2D eigenvalue weighted by molar-refractivity contribution is -0.435. The minimum atomic E-state index is -0.567. The molecule has 0 bridgehead atoms. The summed E-state index contributed by atoms with van der Waals surface area (Å²) in [4.78, 5) is 25.7. The summed E-state index contributed by atoms with van der Waals surface area (Å²) in [5.41, 5.74) is 1.07. The van der Waals surface area contributed by atoms with Crippen molar-refractivity contribution in [2.45, 2.75) is 0 Å². The zero-order valence-corrected chi connectivity index (χ0v) is 19.9. The smallest absolute Gasteiger partial charge is 0.295 e. The predicted octanol–water partition coefficient (Wildman–Crippen LogP) is 4.89. The monoisotopic (exact) mass is 512 g/mol. The zero-order chi connectivity index (χ0) is 25.1. The number of carbonyl (C=O) groups is 2. The van der Waals surface area contributed by atoms with Gasteiger partial charge in [-0.25, -0.2) is 0 Å². The number of aryl methyl sites for hydroxylation is 2. The quantitative estimate of drug-likeness (QED) is 0.215. The van der Waals surface area contributed by atoms with Crippen LogP contribution in [-0.2, 0) is 14.1 Å². The van der Waals surface area contributed by atoms with E-state index in [1.54, 1.807) is 55.6 Å². The minimum absolute atomic E-state index is 0.0182. The first-order valence-corrected chi connectivity index (χ1v) is 10.9. The second-order valence-electron chi connectivity index (χ2n) is 7.31. The molecule has 2 N–H and O–H groups in total. The average molecular weight is 513 g/mol. The van der Waals surface area contributed by atoms with E-state index in [-0.39, 0.29) is 27.8 Å². The normalized spacial score (nSPS) is 11.4. The SMILES string of the molecule is Cn1nc(N=[N+]([O-])c2cnn(C)c2C(=O)Nc2ccc(Cl)cc2)cc1C(=O)Nc1ccc(Cl)cc1. The number of hydrogen-bond donors (Lipinski definition) is 2. The molecule has 13 heteroatoms. The Bertz CT molecular complexity index is 1430. The number of azo groups is 1. The van der Waals surface area contributed by atoms with E-state index < -0.39 is 11.8 Å². The van der Waals surface area contributed by atoms with Crippen LogP contribution < -0.4 is 10.6 Å². The largest absolute Gasteiger partial charge is 0.594 e. The Morgan fingerprint density at radius 3 is 2.03 bits per heavy atom. The van der Waals surface area contributed by atoms with Crippen LogP contribution in [-0.4, -0.2) is 36.2 Å². The van der Waals surface area contributed by atoms with Crippen LogP contribution in [0.1, 0.15) is 21.0 Å². The van der Waals surface area contributed by atoms with E-state index >= 15 is 0 Å². The Morgan fingerprint density at radius 1 is 0.914 bits per heavy atom. The molecule has 2 amide bonds. The highest BCUT2D eigenvalue weighted by atomic mass is 35.5. The molecular formula is C22H18Cl2N8O3. The van der Waals surface area contributed by atoms with Crippen LogP contribution in [0.3, 0.4) is 0 Å². The van der Waals surface area contributed by atoms with Gasteiger partial charge in [0.2, 0.25) is 11.5 Å². The molecule has 0 spiro atoms. The van der Waals surface area contributed by atoms with Crippen LogP contribution in [0.4, 0.5) is 22.9 Å². The van der Waals surface area contributed by atoms with Gasteiger partial charge in [0.1, 0.15) is 11.9 Å². The maximum atomic E-state index is 12.8. The highest BCUT2D eigenvalue weighted by Gasteiger charge is 2.25. The third-order valence-corrected chi connectivity index (χ3v) is 5.34. The van der Waals surface area contributed by atoms with E-state index in [1.165, 1.54) is 28.7 Å². The van der Waals surface area contributed by atoms with Crippen LogP contribution in [0.25, 0.3) is 0 Å². The van der Waals surface area contributed by atoms with Crippen molar-refractivity contribution in [2.24, 2.45) is 19.2 Å². The summed E-state index contributed by atoms with van der Waals surface area (Å²) < 4.78 is 2.54. The number of nitrogens with zero attached hydrogens (tertiary/aromatic N) is 6. The number of benzene rings is 2. The van der Waals surface area contributed by atoms with Crippen molar-refractivity contribution in [3.63, 3.8) is 0 Å². The third kappa shape index (κ3) is 5.48. The van der Waals surface area contributed by atoms with Crippen molar-refractivity contribution >= 4 is 57.9 Å². The molecule has 11 nitrogen and oxygen atoms in total. The lowest BCUT2D eigenvalue weighted by Crippen LogP contribution is -2.17. The Labute approximate surface area is 209 Å². The van der Waals surface area contributed by atoms with E-state index in [4.69, 9.17) is 23.2 Å². The molecule has 0 atom stereocenters. The fraction of sp³-hybridized carbons (Fsp3) is 0.0909. The first kappa shape index (κ1) is 23.9. The standard InChI is InChI=1S/C22H18Cl2N8O3/c1-30-17(21(33)26-15-7-3-13(23)4-8-15)11-19(28-30)29-32(35)18-12-25-31(2)20(18)22(34)27-16-9-5-14(24)6-10-16/h3-12H,1-2H3,(H,26,33)(H,27,34). The molecule has 0 radical (unpaired) electrons. The average Bonchev–Trinajstić information content (AvgIpc) is 3.39. The second kappa shape index (κ2) is 9.95. The van der Waals surface area contributed by atoms with Crippen LogP contribution >= 0.6 is 23.2 Å². The van der Waals surface area contributed by atoms with Crippen molar-refractivity contribution in [3.05, 3.63) is 87.4 Å². The van der Waals surface area contributed by atoms with Gasteiger partial charge in [-0.3, -0.25) is 19.0 Å². The number of hydrogen-bond acceptors (Lipinski definition) is 6. The van der Waals surface area contributed by atoms with Gasteiger partial charge < -0.3 is 15.8 Å². The molecular weight excluding hydrogens is 495 g/mol. The maximum Gasteiger partial charge on any atom is 0.295 e. The van der Waals surface area contributed by atoms with Gasteiger partial charge in [-0.05, 0) is 53.4 Å². The first-order chi connectivity index (χ1) is 16.7. The van der Waals surface area contributed by atoms with Crippen molar-refractivity contribution < 1.29 is 14.4 Å². The third-order valence-electron chi connectivity index (χ3n) is 4.84. The number of nitrogens with one attached hydrogen (secondary N) is 2. The minimum Gasteiger partial charge on any atom is -0.594 e. The van der Waals surface area contributed by atoms with Gasteiger partial charge in [0.05, 0.1) is 0 Å². The Morgan fingerprint density at radius 2 is 1.46 bits per heavy atom. The molecule has 2 aromatic carbocycles. The summed E-state index contributed by atoms with van der Waals surface area (Å²) in [6, 6.07) is 14.4. The molecule has 0 unspecified atom stereocenters. The van der Waals surface area contributed by atoms with Crippen LogP contribution in [0.5, 0.6) is 0 Å². The lowest BCUT2D eigenvalue weighted by atomic mass is 10.3. The molecule has 35 heavy (non-hydrogen) atoms. The number of anilines is 2. The molecule has 0 saturated heterocycles. The number of carbonyl (C=O) groups excluding carboxylic acids is 2. The number of rotatable bonds is 6. The van der Waals surface area contributed by atoms with Gasteiger partial charge in [0, 0.05) is 46.7 Å². The van der Waals surface area contributed by atoms with E-state index in [0.717, 1.165) is 0 Å². The number of amides is 2. The van der Waals surface area contributed by atoms with E-state index in [1.807, 2.05) is 0 Å². The molecule has 178 valence electrons. The van der Waals surface area contributed by atoms with Crippen molar-refractivity contribution in [3.8, 4) is 0 Å². The molecule has 0 aliphatic carbocycles. The van der Waals surface area contributed by atoms with Gasteiger partial charge in [0.25, 0.3) is 17.5 Å². The zero-order valence-electron chi connectivity index (χ0n) is 18.4. The van der Waals surface area contributed by atoms with E-state index in [2.05, 4.69) is 25.9 Å².